The predicted octanol–water partition coefficient (Wildman–Crippen LogP) is 2.54. The average Bonchev–Trinajstić information content (AvgIpc) is 3.04. The number of H-pyrrole nitrogens is 1. The van der Waals surface area contributed by atoms with Crippen molar-refractivity contribution in [1.29, 1.82) is 0 Å². The van der Waals surface area contributed by atoms with Crippen LogP contribution in [0.2, 0.25) is 0 Å². The van der Waals surface area contributed by atoms with Gasteiger partial charge in [-0.25, -0.2) is 4.39 Å². The van der Waals surface area contributed by atoms with E-state index in [4.69, 9.17) is 4.74 Å². The number of nitrogens with zero attached hydrogens (tertiary/aromatic N) is 4. The number of pyridine rings is 1. The Labute approximate surface area is 120 Å². The standard InChI is InChI=1S/C14H12FN5O/c1-9(21-12-5-3-11(15)4-6-12)13-7-2-10(8-16-13)14-17-19-20-18-14/h2-9H,1H3,(H,17,18,19,20). The molecule has 7 heteroatoms. The molecule has 0 spiro atoms. The highest BCUT2D eigenvalue weighted by Gasteiger charge is 2.10. The Kier molecular flexibility index (Phi) is 3.55. The smallest absolute Gasteiger partial charge is 0.206 e. The van der Waals surface area contributed by atoms with Crippen molar-refractivity contribution in [1.82, 2.24) is 25.6 Å². The van der Waals surface area contributed by atoms with Crippen LogP contribution in [0.25, 0.3) is 11.4 Å². The summed E-state index contributed by atoms with van der Waals surface area (Å²) in [4.78, 5) is 4.33. The fraction of sp³-hybridized carbons (Fsp3) is 0.143. The van der Waals surface area contributed by atoms with Crippen LogP contribution in [0.5, 0.6) is 5.75 Å². The number of aromatic amines is 1. The number of benzene rings is 1. The number of hydrogen-bond acceptors (Lipinski definition) is 5. The lowest BCUT2D eigenvalue weighted by Crippen LogP contribution is -2.05. The molecule has 0 fully saturated rings. The topological polar surface area (TPSA) is 76.6 Å². The molecule has 3 rings (SSSR count). The minimum absolute atomic E-state index is 0.255. The van der Waals surface area contributed by atoms with Gasteiger partial charge in [0.25, 0.3) is 0 Å². The van der Waals surface area contributed by atoms with Gasteiger partial charge in [0.1, 0.15) is 17.7 Å². The zero-order valence-electron chi connectivity index (χ0n) is 11.2. The van der Waals surface area contributed by atoms with Crippen LogP contribution in [0.4, 0.5) is 4.39 Å². The van der Waals surface area contributed by atoms with Gasteiger partial charge >= 0.3 is 0 Å². The van der Waals surface area contributed by atoms with Gasteiger partial charge in [0.2, 0.25) is 5.82 Å². The molecular formula is C14H12FN5O. The molecule has 106 valence electrons. The van der Waals surface area contributed by atoms with Gasteiger partial charge < -0.3 is 4.74 Å². The quantitative estimate of drug-likeness (QED) is 0.797. The van der Waals surface area contributed by atoms with E-state index in [0.717, 1.165) is 11.3 Å². The molecule has 0 aliphatic carbocycles. The molecule has 2 heterocycles. The molecule has 6 nitrogen and oxygen atoms in total. The van der Waals surface area contributed by atoms with Crippen LogP contribution in [0.1, 0.15) is 18.7 Å². The number of ether oxygens (including phenoxy) is 1. The normalized spacial score (nSPS) is 12.1. The molecule has 0 saturated heterocycles. The molecule has 21 heavy (non-hydrogen) atoms. The number of nitrogens with one attached hydrogen (secondary N) is 1. The highest BCUT2D eigenvalue weighted by Crippen LogP contribution is 2.22. The van der Waals surface area contributed by atoms with Gasteiger partial charge in [-0.3, -0.25) is 4.98 Å². The van der Waals surface area contributed by atoms with Gasteiger partial charge in [-0.2, -0.15) is 5.21 Å². The van der Waals surface area contributed by atoms with E-state index in [1.807, 2.05) is 19.1 Å². The van der Waals surface area contributed by atoms with Crippen molar-refractivity contribution in [3.63, 3.8) is 0 Å². The van der Waals surface area contributed by atoms with Crippen LogP contribution in [0.3, 0.4) is 0 Å². The summed E-state index contributed by atoms with van der Waals surface area (Å²) < 4.78 is 18.5. The maximum absolute atomic E-state index is 12.8. The molecule has 2 aromatic heterocycles. The average molecular weight is 285 g/mol. The fourth-order valence-electron chi connectivity index (χ4n) is 1.84. The highest BCUT2D eigenvalue weighted by atomic mass is 19.1. The fourth-order valence-corrected chi connectivity index (χ4v) is 1.84. The number of rotatable bonds is 4. The zero-order chi connectivity index (χ0) is 14.7. The van der Waals surface area contributed by atoms with Crippen LogP contribution in [-0.2, 0) is 0 Å². The lowest BCUT2D eigenvalue weighted by Gasteiger charge is -2.14. The maximum Gasteiger partial charge on any atom is 0.206 e. The van der Waals surface area contributed by atoms with E-state index >= 15 is 0 Å². The molecule has 0 aliphatic heterocycles. The zero-order valence-corrected chi connectivity index (χ0v) is 11.2. The van der Waals surface area contributed by atoms with Crippen molar-refractivity contribution in [2.24, 2.45) is 0 Å². The number of halogens is 1. The van der Waals surface area contributed by atoms with E-state index in [1.54, 1.807) is 18.3 Å². The van der Waals surface area contributed by atoms with E-state index in [2.05, 4.69) is 25.6 Å². The second kappa shape index (κ2) is 5.66. The lowest BCUT2D eigenvalue weighted by atomic mass is 10.2. The Bertz CT molecular complexity index is 697. The number of tetrazole rings is 1. The summed E-state index contributed by atoms with van der Waals surface area (Å²) >= 11 is 0. The van der Waals surface area contributed by atoms with Crippen molar-refractivity contribution in [3.8, 4) is 17.1 Å². The first-order valence-electron chi connectivity index (χ1n) is 6.34. The maximum atomic E-state index is 12.8. The molecule has 3 aromatic rings. The molecule has 0 amide bonds. The van der Waals surface area contributed by atoms with Gasteiger partial charge in [0.15, 0.2) is 0 Å². The summed E-state index contributed by atoms with van der Waals surface area (Å²) in [6.07, 6.45) is 1.40. The molecular weight excluding hydrogens is 273 g/mol. The van der Waals surface area contributed by atoms with E-state index in [9.17, 15) is 4.39 Å². The predicted molar refractivity (Wildman–Crippen MR) is 72.9 cm³/mol. The van der Waals surface area contributed by atoms with Gasteiger partial charge in [-0.15, -0.1) is 10.2 Å². The molecule has 0 saturated carbocycles. The van der Waals surface area contributed by atoms with Crippen molar-refractivity contribution < 1.29 is 9.13 Å². The second-order valence-electron chi connectivity index (χ2n) is 4.42. The van der Waals surface area contributed by atoms with Gasteiger partial charge in [0.05, 0.1) is 5.69 Å². The first-order valence-corrected chi connectivity index (χ1v) is 6.34. The van der Waals surface area contributed by atoms with Crippen molar-refractivity contribution >= 4 is 0 Å². The van der Waals surface area contributed by atoms with Gasteiger partial charge in [-0.05, 0) is 48.5 Å². The van der Waals surface area contributed by atoms with Crippen LogP contribution in [0, 0.1) is 5.82 Å². The van der Waals surface area contributed by atoms with Crippen molar-refractivity contribution in [2.75, 3.05) is 0 Å². The van der Waals surface area contributed by atoms with Gasteiger partial charge in [-0.1, -0.05) is 0 Å². The van der Waals surface area contributed by atoms with Crippen LogP contribution in [-0.4, -0.2) is 25.6 Å². The van der Waals surface area contributed by atoms with E-state index in [1.165, 1.54) is 12.1 Å². The third-order valence-corrected chi connectivity index (χ3v) is 2.93. The molecule has 1 atom stereocenters. The van der Waals surface area contributed by atoms with Crippen LogP contribution >= 0.6 is 0 Å². The second-order valence-corrected chi connectivity index (χ2v) is 4.42. The summed E-state index contributed by atoms with van der Waals surface area (Å²) in [5.41, 5.74) is 1.52. The highest BCUT2D eigenvalue weighted by molar-refractivity contribution is 5.51. The minimum atomic E-state index is -0.294. The van der Waals surface area contributed by atoms with E-state index in [0.29, 0.717) is 11.6 Å². The van der Waals surface area contributed by atoms with E-state index < -0.39 is 0 Å². The van der Waals surface area contributed by atoms with Crippen molar-refractivity contribution in [3.05, 3.63) is 54.1 Å². The van der Waals surface area contributed by atoms with Crippen LogP contribution in [0.15, 0.2) is 42.6 Å². The number of aromatic nitrogens is 5. The van der Waals surface area contributed by atoms with E-state index in [-0.39, 0.29) is 11.9 Å². The lowest BCUT2D eigenvalue weighted by molar-refractivity contribution is 0.221. The first-order chi connectivity index (χ1) is 10.2. The van der Waals surface area contributed by atoms with Gasteiger partial charge in [0, 0.05) is 11.8 Å². The largest absolute Gasteiger partial charge is 0.484 e. The summed E-state index contributed by atoms with van der Waals surface area (Å²) in [5, 5.41) is 13.7. The van der Waals surface area contributed by atoms with Crippen LogP contribution < -0.4 is 4.74 Å². The summed E-state index contributed by atoms with van der Waals surface area (Å²) in [5.74, 6) is 0.784. The summed E-state index contributed by atoms with van der Waals surface area (Å²) in [6, 6.07) is 9.56. The summed E-state index contributed by atoms with van der Waals surface area (Å²) in [7, 11) is 0. The molecule has 0 aliphatic rings. The molecule has 0 radical (unpaired) electrons. The summed E-state index contributed by atoms with van der Waals surface area (Å²) in [6.45, 7) is 1.87. The Morgan fingerprint density at radius 3 is 2.57 bits per heavy atom. The molecule has 1 N–H and O–H groups in total. The monoisotopic (exact) mass is 285 g/mol. The Hall–Kier alpha value is -2.83. The Balaban J connectivity index is 1.73. The molecule has 1 unspecified atom stereocenters. The molecule has 0 bridgehead atoms. The SMILES string of the molecule is CC(Oc1ccc(F)cc1)c1ccc(-c2nn[nH]n2)cn1. The third-order valence-electron chi connectivity index (χ3n) is 2.93. The minimum Gasteiger partial charge on any atom is -0.484 e. The number of hydrogen-bond donors (Lipinski definition) is 1. The Morgan fingerprint density at radius 2 is 1.95 bits per heavy atom. The first kappa shape index (κ1) is 13.2. The molecule has 1 aromatic carbocycles. The third kappa shape index (κ3) is 3.02. The van der Waals surface area contributed by atoms with Crippen molar-refractivity contribution in [2.45, 2.75) is 13.0 Å². The Morgan fingerprint density at radius 1 is 1.14 bits per heavy atom.